The molecule has 0 spiro atoms. The number of nitrogens with zero attached hydrogens (tertiary/aromatic N) is 2. The van der Waals surface area contributed by atoms with E-state index < -0.39 is 15.8 Å². The van der Waals surface area contributed by atoms with Gasteiger partial charge in [0.05, 0.1) is 18.1 Å². The van der Waals surface area contributed by atoms with Crippen LogP contribution in [0.25, 0.3) is 0 Å². The van der Waals surface area contributed by atoms with E-state index in [0.717, 1.165) is 45.0 Å². The molecule has 1 atom stereocenters. The van der Waals surface area contributed by atoms with Crippen molar-refractivity contribution < 1.29 is 17.5 Å². The number of hydrogen-bond acceptors (Lipinski definition) is 4. The Morgan fingerprint density at radius 3 is 2.71 bits per heavy atom. The molecule has 1 aromatic rings. The summed E-state index contributed by atoms with van der Waals surface area (Å²) in [7, 11) is -3.68. The van der Waals surface area contributed by atoms with Gasteiger partial charge in [-0.15, -0.1) is 0 Å². The molecule has 0 bridgehead atoms. The first-order valence-electron chi connectivity index (χ1n) is 8.56. The van der Waals surface area contributed by atoms with E-state index in [-0.39, 0.29) is 10.9 Å². The lowest BCUT2D eigenvalue weighted by Crippen LogP contribution is -2.51. The fourth-order valence-corrected chi connectivity index (χ4v) is 5.46. The van der Waals surface area contributed by atoms with Crippen LogP contribution in [-0.2, 0) is 14.8 Å². The Labute approximate surface area is 143 Å². The molecule has 0 N–H and O–H groups in total. The molecule has 1 aromatic carbocycles. The Hall–Kier alpha value is -1.02. The van der Waals surface area contributed by atoms with E-state index in [1.807, 2.05) is 0 Å². The SMILES string of the molecule is Cc1ccc(F)cc1S(=O)(=O)N1CCCCC1CN1CCOCC1. The van der Waals surface area contributed by atoms with E-state index in [0.29, 0.717) is 25.3 Å². The van der Waals surface area contributed by atoms with E-state index in [9.17, 15) is 12.8 Å². The highest BCUT2D eigenvalue weighted by atomic mass is 32.2. The zero-order valence-corrected chi connectivity index (χ0v) is 14.9. The Morgan fingerprint density at radius 1 is 1.21 bits per heavy atom. The van der Waals surface area contributed by atoms with Crippen molar-refractivity contribution in [2.75, 3.05) is 39.4 Å². The molecule has 2 saturated heterocycles. The number of piperidine rings is 1. The van der Waals surface area contributed by atoms with Crippen molar-refractivity contribution in [2.24, 2.45) is 0 Å². The van der Waals surface area contributed by atoms with Gasteiger partial charge in [0.1, 0.15) is 5.82 Å². The molecule has 0 radical (unpaired) electrons. The lowest BCUT2D eigenvalue weighted by atomic mass is 10.0. The second kappa shape index (κ2) is 7.47. The number of halogens is 1. The van der Waals surface area contributed by atoms with Gasteiger partial charge in [0.2, 0.25) is 10.0 Å². The number of hydrogen-bond donors (Lipinski definition) is 0. The van der Waals surface area contributed by atoms with E-state index in [2.05, 4.69) is 4.90 Å². The minimum absolute atomic E-state index is 0.0514. The predicted octanol–water partition coefficient (Wildman–Crippen LogP) is 2.01. The van der Waals surface area contributed by atoms with Crippen LogP contribution in [0.4, 0.5) is 4.39 Å². The van der Waals surface area contributed by atoms with Crippen molar-refractivity contribution in [3.63, 3.8) is 0 Å². The van der Waals surface area contributed by atoms with Crippen LogP contribution in [0.15, 0.2) is 23.1 Å². The summed E-state index contributed by atoms with van der Waals surface area (Å²) in [5.74, 6) is -0.513. The molecule has 0 amide bonds. The number of morpholine rings is 1. The molecule has 2 fully saturated rings. The molecule has 0 aromatic heterocycles. The minimum Gasteiger partial charge on any atom is -0.379 e. The van der Waals surface area contributed by atoms with Gasteiger partial charge in [0, 0.05) is 32.2 Å². The average molecular weight is 356 g/mol. The summed E-state index contributed by atoms with van der Waals surface area (Å²) >= 11 is 0. The molecule has 1 unspecified atom stereocenters. The number of benzene rings is 1. The maximum atomic E-state index is 13.6. The smallest absolute Gasteiger partial charge is 0.243 e. The van der Waals surface area contributed by atoms with Crippen LogP contribution in [0, 0.1) is 12.7 Å². The first kappa shape index (κ1) is 17.8. The maximum absolute atomic E-state index is 13.6. The third-order valence-corrected chi connectivity index (χ3v) is 6.98. The van der Waals surface area contributed by atoms with E-state index in [1.165, 1.54) is 12.1 Å². The van der Waals surface area contributed by atoms with E-state index in [1.54, 1.807) is 11.2 Å². The summed E-state index contributed by atoms with van der Waals surface area (Å²) < 4.78 is 46.8. The molecule has 24 heavy (non-hydrogen) atoms. The van der Waals surface area contributed by atoms with Crippen LogP contribution >= 0.6 is 0 Å². The molecular formula is C17H25FN2O3S. The summed E-state index contributed by atoms with van der Waals surface area (Å²) in [6, 6.07) is 3.92. The van der Waals surface area contributed by atoms with Crippen molar-refractivity contribution >= 4 is 10.0 Å². The first-order chi connectivity index (χ1) is 11.5. The van der Waals surface area contributed by atoms with Crippen molar-refractivity contribution in [3.05, 3.63) is 29.6 Å². The zero-order chi connectivity index (χ0) is 17.2. The van der Waals surface area contributed by atoms with Crippen LogP contribution in [0.3, 0.4) is 0 Å². The van der Waals surface area contributed by atoms with Gasteiger partial charge in [-0.25, -0.2) is 12.8 Å². The van der Waals surface area contributed by atoms with Crippen LogP contribution in [0.1, 0.15) is 24.8 Å². The predicted molar refractivity (Wildman–Crippen MR) is 89.9 cm³/mol. The topological polar surface area (TPSA) is 49.9 Å². The number of ether oxygens (including phenoxy) is 1. The van der Waals surface area contributed by atoms with Crippen LogP contribution in [-0.4, -0.2) is 63.1 Å². The van der Waals surface area contributed by atoms with Gasteiger partial charge in [0.15, 0.2) is 0 Å². The highest BCUT2D eigenvalue weighted by molar-refractivity contribution is 7.89. The van der Waals surface area contributed by atoms with Gasteiger partial charge in [-0.3, -0.25) is 4.90 Å². The van der Waals surface area contributed by atoms with Gasteiger partial charge in [-0.1, -0.05) is 12.5 Å². The average Bonchev–Trinajstić information content (AvgIpc) is 2.58. The Morgan fingerprint density at radius 2 is 1.96 bits per heavy atom. The third-order valence-electron chi connectivity index (χ3n) is 4.88. The molecule has 3 rings (SSSR count). The summed E-state index contributed by atoms with van der Waals surface area (Å²) in [4.78, 5) is 2.36. The molecule has 0 aliphatic carbocycles. The minimum atomic E-state index is -3.68. The molecule has 5 nitrogen and oxygen atoms in total. The molecule has 2 heterocycles. The number of sulfonamides is 1. The van der Waals surface area contributed by atoms with E-state index in [4.69, 9.17) is 4.74 Å². The summed E-state index contributed by atoms with van der Waals surface area (Å²) in [5, 5.41) is 0. The van der Waals surface area contributed by atoms with Crippen molar-refractivity contribution in [1.29, 1.82) is 0 Å². The van der Waals surface area contributed by atoms with Crippen molar-refractivity contribution in [3.8, 4) is 0 Å². The van der Waals surface area contributed by atoms with Gasteiger partial charge in [-0.2, -0.15) is 4.31 Å². The van der Waals surface area contributed by atoms with Gasteiger partial charge in [-0.05, 0) is 37.5 Å². The normalized spacial score (nSPS) is 24.2. The summed E-state index contributed by atoms with van der Waals surface area (Å²) in [6.45, 7) is 6.01. The Balaban J connectivity index is 1.84. The van der Waals surface area contributed by atoms with Crippen molar-refractivity contribution in [2.45, 2.75) is 37.1 Å². The van der Waals surface area contributed by atoms with Crippen LogP contribution in [0.2, 0.25) is 0 Å². The largest absolute Gasteiger partial charge is 0.379 e. The highest BCUT2D eigenvalue weighted by Gasteiger charge is 2.35. The lowest BCUT2D eigenvalue weighted by molar-refractivity contribution is 0.0262. The van der Waals surface area contributed by atoms with Crippen LogP contribution in [0.5, 0.6) is 0 Å². The Kier molecular flexibility index (Phi) is 5.54. The zero-order valence-electron chi connectivity index (χ0n) is 14.1. The molecular weight excluding hydrogens is 331 g/mol. The van der Waals surface area contributed by atoms with E-state index >= 15 is 0 Å². The third kappa shape index (κ3) is 3.79. The summed E-state index contributed by atoms with van der Waals surface area (Å²) in [6.07, 6.45) is 2.74. The van der Waals surface area contributed by atoms with Crippen molar-refractivity contribution in [1.82, 2.24) is 9.21 Å². The van der Waals surface area contributed by atoms with Crippen LogP contribution < -0.4 is 0 Å². The maximum Gasteiger partial charge on any atom is 0.243 e. The molecule has 7 heteroatoms. The molecule has 0 saturated carbocycles. The standard InChI is InChI=1S/C17H25FN2O3S/c1-14-5-6-15(18)12-17(14)24(21,22)20-7-3-2-4-16(20)13-19-8-10-23-11-9-19/h5-6,12,16H,2-4,7-11,13H2,1H3. The number of rotatable bonds is 4. The Bertz CT molecular complexity index is 674. The number of aryl methyl sites for hydroxylation is 1. The molecule has 134 valence electrons. The summed E-state index contributed by atoms with van der Waals surface area (Å²) in [5.41, 5.74) is 0.590. The first-order valence-corrected chi connectivity index (χ1v) is 10.0. The lowest BCUT2D eigenvalue weighted by Gasteiger charge is -2.39. The van der Waals surface area contributed by atoms with Gasteiger partial charge in [0.25, 0.3) is 0 Å². The highest BCUT2D eigenvalue weighted by Crippen LogP contribution is 2.28. The molecule has 2 aliphatic rings. The second-order valence-corrected chi connectivity index (χ2v) is 8.45. The monoisotopic (exact) mass is 356 g/mol. The fraction of sp³-hybridized carbons (Fsp3) is 0.647. The van der Waals surface area contributed by atoms with Gasteiger partial charge >= 0.3 is 0 Å². The fourth-order valence-electron chi connectivity index (χ4n) is 3.53. The quantitative estimate of drug-likeness (QED) is 0.828. The molecule has 2 aliphatic heterocycles. The van der Waals surface area contributed by atoms with Gasteiger partial charge < -0.3 is 4.74 Å². The second-order valence-electron chi connectivity index (χ2n) is 6.59.